The first-order chi connectivity index (χ1) is 8.43. The number of hydrazine groups is 1. The Bertz CT molecular complexity index is 374. The number of benzene rings is 1. The van der Waals surface area contributed by atoms with Crippen LogP contribution in [0.15, 0.2) is 24.3 Å². The summed E-state index contributed by atoms with van der Waals surface area (Å²) in [5.74, 6) is 1.05. The fraction of sp³-hybridized carbons (Fsp3) is 0.571. The van der Waals surface area contributed by atoms with E-state index in [-0.39, 0.29) is 0 Å². The third kappa shape index (κ3) is 2.45. The normalized spacial score (nSPS) is 25.1. The van der Waals surface area contributed by atoms with Gasteiger partial charge in [-0.15, -0.1) is 0 Å². The number of nitrogens with zero attached hydrogens (tertiary/aromatic N) is 1. The van der Waals surface area contributed by atoms with Gasteiger partial charge in [-0.2, -0.15) is 0 Å². The van der Waals surface area contributed by atoms with Gasteiger partial charge in [-0.25, -0.2) is 10.4 Å². The van der Waals surface area contributed by atoms with E-state index < -0.39 is 0 Å². The van der Waals surface area contributed by atoms with Crippen molar-refractivity contribution in [1.82, 2.24) is 10.4 Å². The van der Waals surface area contributed by atoms with E-state index in [4.69, 9.17) is 4.74 Å². The summed E-state index contributed by atoms with van der Waals surface area (Å²) < 4.78 is 5.68. The maximum absolute atomic E-state index is 5.68. The molecule has 17 heavy (non-hydrogen) atoms. The molecule has 1 aromatic rings. The zero-order chi connectivity index (χ0) is 11.5. The molecule has 0 amide bonds. The molecule has 2 heterocycles. The average molecular weight is 232 g/mol. The van der Waals surface area contributed by atoms with Crippen LogP contribution in [0.25, 0.3) is 0 Å². The molecule has 3 nitrogen and oxygen atoms in total. The largest absolute Gasteiger partial charge is 0.493 e. The average Bonchev–Trinajstić information content (AvgIpc) is 2.40. The Hall–Kier alpha value is -1.06. The van der Waals surface area contributed by atoms with Gasteiger partial charge in [0.1, 0.15) is 5.75 Å². The highest BCUT2D eigenvalue weighted by Crippen LogP contribution is 2.31. The van der Waals surface area contributed by atoms with Gasteiger partial charge in [-0.1, -0.05) is 24.6 Å². The van der Waals surface area contributed by atoms with Gasteiger partial charge in [0.05, 0.1) is 12.6 Å². The van der Waals surface area contributed by atoms with Crippen LogP contribution in [0.5, 0.6) is 5.75 Å². The lowest BCUT2D eigenvalue weighted by Crippen LogP contribution is -2.44. The molecule has 2 aliphatic heterocycles. The predicted molar refractivity (Wildman–Crippen MR) is 67.9 cm³/mol. The monoisotopic (exact) mass is 232 g/mol. The number of hydrogen-bond acceptors (Lipinski definition) is 3. The third-order valence-corrected chi connectivity index (χ3v) is 3.65. The van der Waals surface area contributed by atoms with E-state index in [0.717, 1.165) is 18.8 Å². The number of para-hydroxylation sites is 1. The molecule has 0 bridgehead atoms. The molecule has 1 aromatic carbocycles. The van der Waals surface area contributed by atoms with Crippen LogP contribution in [-0.2, 0) is 0 Å². The minimum Gasteiger partial charge on any atom is -0.493 e. The lowest BCUT2D eigenvalue weighted by atomic mass is 10.0. The molecule has 1 saturated heterocycles. The van der Waals surface area contributed by atoms with Gasteiger partial charge in [-0.05, 0) is 18.9 Å². The van der Waals surface area contributed by atoms with E-state index >= 15 is 0 Å². The van der Waals surface area contributed by atoms with Crippen LogP contribution < -0.4 is 10.2 Å². The summed E-state index contributed by atoms with van der Waals surface area (Å²) in [6.07, 6.45) is 5.08. The second-order valence-electron chi connectivity index (χ2n) is 4.90. The molecule has 1 fully saturated rings. The van der Waals surface area contributed by atoms with Crippen molar-refractivity contribution >= 4 is 0 Å². The summed E-state index contributed by atoms with van der Waals surface area (Å²) in [4.78, 5) is 0. The molecule has 1 unspecified atom stereocenters. The third-order valence-electron chi connectivity index (χ3n) is 3.65. The van der Waals surface area contributed by atoms with Gasteiger partial charge in [0.2, 0.25) is 0 Å². The zero-order valence-corrected chi connectivity index (χ0v) is 10.2. The smallest absolute Gasteiger partial charge is 0.124 e. The second-order valence-corrected chi connectivity index (χ2v) is 4.90. The van der Waals surface area contributed by atoms with E-state index in [0.29, 0.717) is 6.04 Å². The Balaban J connectivity index is 1.71. The van der Waals surface area contributed by atoms with Gasteiger partial charge >= 0.3 is 0 Å². The van der Waals surface area contributed by atoms with Crippen LogP contribution in [0.1, 0.15) is 37.3 Å². The summed E-state index contributed by atoms with van der Waals surface area (Å²) in [6, 6.07) is 8.81. The maximum atomic E-state index is 5.68. The van der Waals surface area contributed by atoms with E-state index in [9.17, 15) is 0 Å². The van der Waals surface area contributed by atoms with Gasteiger partial charge in [0.25, 0.3) is 0 Å². The van der Waals surface area contributed by atoms with Crippen molar-refractivity contribution < 1.29 is 4.74 Å². The van der Waals surface area contributed by atoms with Crippen LogP contribution in [0.3, 0.4) is 0 Å². The summed E-state index contributed by atoms with van der Waals surface area (Å²) in [6.45, 7) is 3.18. The van der Waals surface area contributed by atoms with Crippen LogP contribution in [-0.4, -0.2) is 24.7 Å². The standard InChI is InChI=1S/C14H20N2O/c1-4-9-16(10-5-1)15-13-8-11-17-14-7-3-2-6-12(13)14/h2-3,6-7,13,15H,1,4-5,8-11H2. The maximum Gasteiger partial charge on any atom is 0.124 e. The van der Waals surface area contributed by atoms with Crippen LogP contribution in [0.2, 0.25) is 0 Å². The fourth-order valence-electron chi connectivity index (χ4n) is 2.72. The van der Waals surface area contributed by atoms with E-state index in [2.05, 4.69) is 28.6 Å². The van der Waals surface area contributed by atoms with Crippen molar-refractivity contribution in [2.75, 3.05) is 19.7 Å². The topological polar surface area (TPSA) is 24.5 Å². The van der Waals surface area contributed by atoms with Crippen molar-refractivity contribution in [1.29, 1.82) is 0 Å². The molecule has 3 rings (SSSR count). The van der Waals surface area contributed by atoms with Gasteiger partial charge in [-0.3, -0.25) is 0 Å². The molecule has 92 valence electrons. The highest BCUT2D eigenvalue weighted by atomic mass is 16.5. The summed E-state index contributed by atoms with van der Waals surface area (Å²) in [5.41, 5.74) is 4.98. The highest BCUT2D eigenvalue weighted by molar-refractivity contribution is 5.37. The van der Waals surface area contributed by atoms with Crippen LogP contribution in [0.4, 0.5) is 0 Å². The molecular formula is C14H20N2O. The van der Waals surface area contributed by atoms with Crippen molar-refractivity contribution in [3.8, 4) is 5.75 Å². The zero-order valence-electron chi connectivity index (χ0n) is 10.2. The quantitative estimate of drug-likeness (QED) is 0.848. The van der Waals surface area contributed by atoms with E-state index in [1.807, 2.05) is 6.07 Å². The Kier molecular flexibility index (Phi) is 3.29. The number of fused-ring (bicyclic) bond motifs is 1. The Labute approximate surface area is 103 Å². The molecule has 1 N–H and O–H groups in total. The molecule has 1 atom stereocenters. The molecule has 0 aliphatic carbocycles. The first kappa shape index (κ1) is 11.1. The molecule has 0 spiro atoms. The number of piperidine rings is 1. The SMILES string of the molecule is c1ccc2c(c1)OCCC2NN1CCCCC1. The first-order valence-corrected chi connectivity index (χ1v) is 6.66. The van der Waals surface area contributed by atoms with E-state index in [1.54, 1.807) is 0 Å². The van der Waals surface area contributed by atoms with Crippen molar-refractivity contribution in [3.63, 3.8) is 0 Å². The molecule has 3 heteroatoms. The second kappa shape index (κ2) is 5.07. The molecule has 0 radical (unpaired) electrons. The first-order valence-electron chi connectivity index (χ1n) is 6.66. The summed E-state index contributed by atoms with van der Waals surface area (Å²) in [7, 11) is 0. The van der Waals surface area contributed by atoms with Crippen molar-refractivity contribution in [3.05, 3.63) is 29.8 Å². The van der Waals surface area contributed by atoms with Crippen molar-refractivity contribution in [2.24, 2.45) is 0 Å². The minimum absolute atomic E-state index is 0.429. The molecular weight excluding hydrogens is 212 g/mol. The molecule has 2 aliphatic rings. The van der Waals surface area contributed by atoms with Gasteiger partial charge in [0, 0.05) is 25.1 Å². The lowest BCUT2D eigenvalue weighted by Gasteiger charge is -2.34. The lowest BCUT2D eigenvalue weighted by molar-refractivity contribution is 0.109. The Morgan fingerprint density at radius 3 is 2.82 bits per heavy atom. The minimum atomic E-state index is 0.429. The molecule has 0 aromatic heterocycles. The fourth-order valence-corrected chi connectivity index (χ4v) is 2.72. The predicted octanol–water partition coefficient (Wildman–Crippen LogP) is 2.50. The van der Waals surface area contributed by atoms with Gasteiger partial charge in [0.15, 0.2) is 0 Å². The summed E-state index contributed by atoms with van der Waals surface area (Å²) in [5, 5.41) is 2.39. The molecule has 0 saturated carbocycles. The van der Waals surface area contributed by atoms with Crippen LogP contribution >= 0.6 is 0 Å². The number of hydrogen-bond donors (Lipinski definition) is 1. The summed E-state index contributed by atoms with van der Waals surface area (Å²) >= 11 is 0. The Morgan fingerprint density at radius 1 is 1.12 bits per heavy atom. The van der Waals surface area contributed by atoms with Gasteiger partial charge < -0.3 is 4.74 Å². The Morgan fingerprint density at radius 2 is 1.94 bits per heavy atom. The van der Waals surface area contributed by atoms with Crippen LogP contribution in [0, 0.1) is 0 Å². The van der Waals surface area contributed by atoms with E-state index in [1.165, 1.54) is 37.9 Å². The highest BCUT2D eigenvalue weighted by Gasteiger charge is 2.23. The number of ether oxygens (including phenoxy) is 1. The number of rotatable bonds is 2. The van der Waals surface area contributed by atoms with Crippen molar-refractivity contribution in [2.45, 2.75) is 31.7 Å². The number of nitrogens with one attached hydrogen (secondary N) is 1.